The van der Waals surface area contributed by atoms with Crippen LogP contribution in [-0.2, 0) is 4.74 Å². The van der Waals surface area contributed by atoms with Crippen LogP contribution in [0, 0.1) is 0 Å². The molecule has 0 saturated carbocycles. The first-order valence-corrected chi connectivity index (χ1v) is 7.02. The molecule has 0 radical (unpaired) electrons. The maximum absolute atomic E-state index is 12.5. The van der Waals surface area contributed by atoms with Crippen LogP contribution >= 0.6 is 0 Å². The molecule has 0 aromatic heterocycles. The van der Waals surface area contributed by atoms with E-state index in [1.807, 2.05) is 30.3 Å². The molecule has 2 rings (SSSR count). The number of hydrogen-bond donors (Lipinski definition) is 0. The van der Waals surface area contributed by atoms with Gasteiger partial charge < -0.3 is 9.64 Å². The van der Waals surface area contributed by atoms with E-state index in [0.29, 0.717) is 19.0 Å². The molecule has 0 spiro atoms. The predicted octanol–water partition coefficient (Wildman–Crippen LogP) is 2.81. The Morgan fingerprint density at radius 2 is 2.24 bits per heavy atom. The Morgan fingerprint density at radius 3 is 2.86 bits per heavy atom. The molecule has 1 aliphatic heterocycles. The number of hydrogen-bond acceptors (Lipinski definition) is 3. The van der Waals surface area contributed by atoms with Gasteiger partial charge in [-0.05, 0) is 13.1 Å². The molecule has 5 heteroatoms. The fourth-order valence-electron chi connectivity index (χ4n) is 2.29. The van der Waals surface area contributed by atoms with Crippen LogP contribution < -0.4 is 0 Å². The average molecular weight is 287 g/mol. The second-order valence-corrected chi connectivity index (χ2v) is 4.96. The minimum Gasteiger partial charge on any atom is -0.359 e. The van der Waals surface area contributed by atoms with Gasteiger partial charge in [-0.25, -0.2) is 4.79 Å². The van der Waals surface area contributed by atoms with Crippen LogP contribution in [0.4, 0.5) is 4.79 Å². The number of rotatable bonds is 4. The summed E-state index contributed by atoms with van der Waals surface area (Å²) in [4.78, 5) is 19.8. The monoisotopic (exact) mass is 287 g/mol. The number of carbonyl (C=O) groups excluding carboxylic acids is 1. The predicted molar refractivity (Wildman–Crippen MR) is 83.9 cm³/mol. The molecule has 0 N–H and O–H groups in total. The fourth-order valence-corrected chi connectivity index (χ4v) is 2.29. The lowest BCUT2D eigenvalue weighted by Crippen LogP contribution is -2.42. The van der Waals surface area contributed by atoms with E-state index in [1.165, 1.54) is 4.90 Å². The zero-order chi connectivity index (χ0) is 15.2. The molecule has 1 fully saturated rings. The van der Waals surface area contributed by atoms with Crippen LogP contribution in [0.1, 0.15) is 18.9 Å². The molecule has 1 aromatic carbocycles. The van der Waals surface area contributed by atoms with Gasteiger partial charge >= 0.3 is 6.03 Å². The molecule has 1 aromatic rings. The van der Waals surface area contributed by atoms with E-state index in [4.69, 9.17) is 4.74 Å². The van der Waals surface area contributed by atoms with E-state index < -0.39 is 0 Å². The molecule has 1 aliphatic rings. The van der Waals surface area contributed by atoms with Crippen molar-refractivity contribution in [2.45, 2.75) is 19.4 Å². The summed E-state index contributed by atoms with van der Waals surface area (Å²) in [5.74, 6) is 0. The smallest absolute Gasteiger partial charge is 0.325 e. The van der Waals surface area contributed by atoms with Crippen molar-refractivity contribution in [1.29, 1.82) is 0 Å². The number of ether oxygens (including phenoxy) is 1. The van der Waals surface area contributed by atoms with Gasteiger partial charge in [0, 0.05) is 18.8 Å². The number of benzene rings is 1. The maximum Gasteiger partial charge on any atom is 0.325 e. The van der Waals surface area contributed by atoms with Gasteiger partial charge in [0.1, 0.15) is 6.73 Å². The van der Waals surface area contributed by atoms with Crippen molar-refractivity contribution in [2.24, 2.45) is 4.99 Å². The van der Waals surface area contributed by atoms with Crippen molar-refractivity contribution in [1.82, 2.24) is 9.80 Å². The summed E-state index contributed by atoms with van der Waals surface area (Å²) in [6.07, 6.45) is 2.59. The Kier molecular flexibility index (Phi) is 5.11. The molecule has 1 heterocycles. The second-order valence-electron chi connectivity index (χ2n) is 4.96. The van der Waals surface area contributed by atoms with Crippen molar-refractivity contribution in [3.8, 4) is 0 Å². The molecule has 0 bridgehead atoms. The maximum atomic E-state index is 12.5. The van der Waals surface area contributed by atoms with Crippen molar-refractivity contribution in [2.75, 3.05) is 20.4 Å². The van der Waals surface area contributed by atoms with Crippen molar-refractivity contribution in [3.63, 3.8) is 0 Å². The average Bonchev–Trinajstić information content (AvgIpc) is 3.00. The summed E-state index contributed by atoms with van der Waals surface area (Å²) in [7, 11) is 1.72. The molecule has 1 saturated heterocycles. The third-order valence-corrected chi connectivity index (χ3v) is 3.56. The first kappa shape index (κ1) is 15.3. The Hall–Kier alpha value is -2.14. The quantitative estimate of drug-likeness (QED) is 0.799. The highest BCUT2D eigenvalue weighted by Crippen LogP contribution is 2.18. The van der Waals surface area contributed by atoms with Crippen LogP contribution in [0.2, 0.25) is 0 Å². The van der Waals surface area contributed by atoms with Gasteiger partial charge in [-0.2, -0.15) is 0 Å². The van der Waals surface area contributed by atoms with E-state index >= 15 is 0 Å². The van der Waals surface area contributed by atoms with E-state index in [0.717, 1.165) is 12.0 Å². The lowest BCUT2D eigenvalue weighted by atomic mass is 10.2. The zero-order valence-electron chi connectivity index (χ0n) is 12.5. The van der Waals surface area contributed by atoms with Crippen LogP contribution in [0.25, 0.3) is 5.70 Å². The van der Waals surface area contributed by atoms with Gasteiger partial charge in [-0.15, -0.1) is 0 Å². The van der Waals surface area contributed by atoms with E-state index in [9.17, 15) is 4.79 Å². The Morgan fingerprint density at radius 1 is 1.52 bits per heavy atom. The molecule has 0 aliphatic carbocycles. The molecular weight excluding hydrogens is 266 g/mol. The van der Waals surface area contributed by atoms with E-state index in [2.05, 4.69) is 18.6 Å². The normalized spacial score (nSPS) is 18.7. The lowest BCUT2D eigenvalue weighted by Gasteiger charge is -2.25. The second kappa shape index (κ2) is 7.04. The molecule has 5 nitrogen and oxygen atoms in total. The highest BCUT2D eigenvalue weighted by Gasteiger charge is 2.29. The lowest BCUT2D eigenvalue weighted by molar-refractivity contribution is 0.131. The fraction of sp³-hybridized carbons (Fsp3) is 0.375. The molecule has 1 unspecified atom stereocenters. The molecule has 1 atom stereocenters. The van der Waals surface area contributed by atoms with Crippen molar-refractivity contribution in [3.05, 3.63) is 42.1 Å². The van der Waals surface area contributed by atoms with Gasteiger partial charge in [0.25, 0.3) is 0 Å². The number of urea groups is 1. The van der Waals surface area contributed by atoms with Crippen LogP contribution in [0.15, 0.2) is 41.5 Å². The standard InChI is InChI=1S/C16H21N3O2/c1-4-14-11-21-12-19(14)16(20)18(3)10-15(17-2)13-8-6-5-7-9-13/h5-10,14H,2,4,11-12H2,1,3H3. The molecule has 2 amide bonds. The highest BCUT2D eigenvalue weighted by atomic mass is 16.5. The molecule has 112 valence electrons. The third-order valence-electron chi connectivity index (χ3n) is 3.56. The van der Waals surface area contributed by atoms with E-state index in [1.54, 1.807) is 18.1 Å². The van der Waals surface area contributed by atoms with Crippen LogP contribution in [0.3, 0.4) is 0 Å². The first-order chi connectivity index (χ1) is 10.2. The van der Waals surface area contributed by atoms with Crippen LogP contribution in [-0.4, -0.2) is 49.0 Å². The highest BCUT2D eigenvalue weighted by molar-refractivity contribution is 5.78. The summed E-state index contributed by atoms with van der Waals surface area (Å²) < 4.78 is 5.37. The summed E-state index contributed by atoms with van der Waals surface area (Å²) in [6.45, 7) is 6.58. The van der Waals surface area contributed by atoms with Gasteiger partial charge in [0.15, 0.2) is 0 Å². The van der Waals surface area contributed by atoms with Gasteiger partial charge in [-0.1, -0.05) is 37.3 Å². The topological polar surface area (TPSA) is 45.1 Å². The number of aliphatic imine (C=N–C) groups is 1. The molecular formula is C16H21N3O2. The SMILES string of the molecule is C=NC(=CN(C)C(=O)N1COCC1CC)c1ccccc1. The third kappa shape index (κ3) is 3.49. The van der Waals surface area contributed by atoms with Gasteiger partial charge in [0.2, 0.25) is 0 Å². The minimum absolute atomic E-state index is 0.0866. The zero-order valence-corrected chi connectivity index (χ0v) is 12.5. The number of nitrogens with zero attached hydrogens (tertiary/aromatic N) is 3. The number of carbonyl (C=O) groups is 1. The van der Waals surface area contributed by atoms with E-state index in [-0.39, 0.29) is 12.1 Å². The Bertz CT molecular complexity index is 528. The summed E-state index contributed by atoms with van der Waals surface area (Å²) >= 11 is 0. The summed E-state index contributed by atoms with van der Waals surface area (Å²) in [6, 6.07) is 9.72. The first-order valence-electron chi connectivity index (χ1n) is 7.02. The van der Waals surface area contributed by atoms with Gasteiger partial charge in [-0.3, -0.25) is 9.89 Å². The van der Waals surface area contributed by atoms with Crippen molar-refractivity contribution >= 4 is 18.4 Å². The summed E-state index contributed by atoms with van der Waals surface area (Å²) in [5, 5.41) is 0. The van der Waals surface area contributed by atoms with Crippen LogP contribution in [0.5, 0.6) is 0 Å². The molecule has 21 heavy (non-hydrogen) atoms. The van der Waals surface area contributed by atoms with Crippen molar-refractivity contribution < 1.29 is 9.53 Å². The largest absolute Gasteiger partial charge is 0.359 e. The number of amides is 2. The Labute approximate surface area is 125 Å². The minimum atomic E-state index is -0.0866. The Balaban J connectivity index is 2.15. The summed E-state index contributed by atoms with van der Waals surface area (Å²) in [5.41, 5.74) is 1.59. The van der Waals surface area contributed by atoms with Gasteiger partial charge in [0.05, 0.1) is 18.3 Å².